The van der Waals surface area contributed by atoms with Gasteiger partial charge < -0.3 is 4.74 Å². The maximum atomic E-state index is 9.47. The van der Waals surface area contributed by atoms with Crippen molar-refractivity contribution in [3.05, 3.63) is 39.9 Å². The van der Waals surface area contributed by atoms with Gasteiger partial charge in [0.15, 0.2) is 5.56 Å². The van der Waals surface area contributed by atoms with E-state index in [2.05, 4.69) is 27.0 Å². The molecular formula is C15H12BrN4O+. The zero-order chi connectivity index (χ0) is 15.4. The second-order valence-corrected chi connectivity index (χ2v) is 4.98. The van der Waals surface area contributed by atoms with Gasteiger partial charge in [-0.1, -0.05) is 34.1 Å². The van der Waals surface area contributed by atoms with E-state index in [9.17, 15) is 10.5 Å². The molecule has 1 aromatic heterocycles. The summed E-state index contributed by atoms with van der Waals surface area (Å²) in [6.07, 6.45) is 0. The number of nitrogen functional groups attached to an aromatic ring is 1. The Bertz CT molecular complexity index is 774. The molecule has 0 aliphatic heterocycles. The van der Waals surface area contributed by atoms with Gasteiger partial charge >= 0.3 is 5.88 Å². The molecule has 0 aliphatic carbocycles. The Labute approximate surface area is 130 Å². The molecule has 0 radical (unpaired) electrons. The molecule has 0 aliphatic rings. The molecule has 0 bridgehead atoms. The van der Waals surface area contributed by atoms with Gasteiger partial charge in [-0.3, -0.25) is 5.73 Å². The van der Waals surface area contributed by atoms with Crippen molar-refractivity contribution in [2.45, 2.75) is 6.92 Å². The van der Waals surface area contributed by atoms with Gasteiger partial charge in [-0.25, -0.2) is 4.98 Å². The van der Waals surface area contributed by atoms with Crippen LogP contribution in [0.2, 0.25) is 0 Å². The van der Waals surface area contributed by atoms with E-state index in [1.807, 2.05) is 37.3 Å². The number of aromatic amines is 1. The first-order chi connectivity index (χ1) is 10.1. The number of aromatic nitrogens is 1. The highest BCUT2D eigenvalue weighted by Gasteiger charge is 2.25. The Morgan fingerprint density at radius 3 is 2.48 bits per heavy atom. The molecule has 3 N–H and O–H groups in total. The quantitative estimate of drug-likeness (QED) is 0.926. The lowest BCUT2D eigenvalue weighted by molar-refractivity contribution is -0.377. The van der Waals surface area contributed by atoms with Crippen molar-refractivity contribution in [1.29, 1.82) is 10.5 Å². The number of H-pyrrole nitrogens is 1. The summed E-state index contributed by atoms with van der Waals surface area (Å²) in [4.78, 5) is 2.77. The van der Waals surface area contributed by atoms with Crippen molar-refractivity contribution in [2.24, 2.45) is 0 Å². The molecule has 0 spiro atoms. The molecule has 1 aromatic carbocycles. The van der Waals surface area contributed by atoms with E-state index in [1.54, 1.807) is 0 Å². The molecule has 0 fully saturated rings. The minimum atomic E-state index is 0.172. The van der Waals surface area contributed by atoms with Crippen molar-refractivity contribution in [3.63, 3.8) is 0 Å². The zero-order valence-electron chi connectivity index (χ0n) is 11.3. The standard InChI is InChI=1S/C15H11BrN4O/c1-2-21-15-11(8-18)13(10(7-17)14(19)20-15)9-5-3-4-6-12(9)16/h3-6H,2H2,1H3,(H2,19,20)/p+1. The van der Waals surface area contributed by atoms with E-state index in [0.29, 0.717) is 17.7 Å². The highest BCUT2D eigenvalue weighted by Crippen LogP contribution is 2.36. The van der Waals surface area contributed by atoms with Gasteiger partial charge in [0, 0.05) is 10.0 Å². The third kappa shape index (κ3) is 2.67. The monoisotopic (exact) mass is 343 g/mol. The van der Waals surface area contributed by atoms with Crippen LogP contribution in [0.5, 0.6) is 5.88 Å². The third-order valence-electron chi connectivity index (χ3n) is 2.90. The number of nitrogens with two attached hydrogens (primary N) is 1. The average Bonchev–Trinajstić information content (AvgIpc) is 2.47. The topological polar surface area (TPSA) is 97.0 Å². The number of hydrogen-bond acceptors (Lipinski definition) is 4. The number of rotatable bonds is 3. The fourth-order valence-corrected chi connectivity index (χ4v) is 2.51. The second kappa shape index (κ2) is 6.25. The Kier molecular flexibility index (Phi) is 4.42. The highest BCUT2D eigenvalue weighted by molar-refractivity contribution is 9.10. The number of benzene rings is 1. The second-order valence-electron chi connectivity index (χ2n) is 4.13. The lowest BCUT2D eigenvalue weighted by Crippen LogP contribution is -2.19. The number of nitrogens with zero attached hydrogens (tertiary/aromatic N) is 2. The van der Waals surface area contributed by atoms with Crippen LogP contribution in [0, 0.1) is 22.7 Å². The number of pyridine rings is 1. The largest absolute Gasteiger partial charge is 0.462 e. The molecule has 2 rings (SSSR count). The molecule has 6 heteroatoms. The van der Waals surface area contributed by atoms with Crippen LogP contribution in [0.15, 0.2) is 28.7 Å². The van der Waals surface area contributed by atoms with E-state index in [4.69, 9.17) is 10.5 Å². The van der Waals surface area contributed by atoms with Gasteiger partial charge in [0.05, 0.1) is 6.61 Å². The predicted octanol–water partition coefficient (Wildman–Crippen LogP) is 2.65. The number of ether oxygens (including phenoxy) is 1. The lowest BCUT2D eigenvalue weighted by Gasteiger charge is -2.11. The molecule has 0 saturated carbocycles. The van der Waals surface area contributed by atoms with Crippen LogP contribution in [0.1, 0.15) is 18.1 Å². The Morgan fingerprint density at radius 1 is 1.24 bits per heavy atom. The van der Waals surface area contributed by atoms with Gasteiger partial charge in [0.2, 0.25) is 0 Å². The maximum Gasteiger partial charge on any atom is 0.301 e. The normalized spacial score (nSPS) is 9.71. The van der Waals surface area contributed by atoms with Gasteiger partial charge in [-0.05, 0) is 18.6 Å². The van der Waals surface area contributed by atoms with E-state index in [1.165, 1.54) is 0 Å². The number of nitrogens with one attached hydrogen (secondary N) is 1. The third-order valence-corrected chi connectivity index (χ3v) is 3.59. The minimum Gasteiger partial charge on any atom is -0.462 e. The van der Waals surface area contributed by atoms with Crippen molar-refractivity contribution < 1.29 is 9.72 Å². The molecule has 5 nitrogen and oxygen atoms in total. The average molecular weight is 344 g/mol. The summed E-state index contributed by atoms with van der Waals surface area (Å²) in [6.45, 7) is 2.19. The fourth-order valence-electron chi connectivity index (χ4n) is 2.03. The summed E-state index contributed by atoms with van der Waals surface area (Å²) in [5, 5.41) is 18.9. The van der Waals surface area contributed by atoms with E-state index >= 15 is 0 Å². The SMILES string of the molecule is CCOc1[nH+]c(N)c(C#N)c(-c2ccccc2Br)c1C#N. The molecule has 2 aromatic rings. The van der Waals surface area contributed by atoms with Crippen molar-refractivity contribution in [2.75, 3.05) is 12.3 Å². The van der Waals surface area contributed by atoms with Crippen LogP contribution in [-0.4, -0.2) is 6.61 Å². The van der Waals surface area contributed by atoms with Crippen LogP contribution in [-0.2, 0) is 0 Å². The number of anilines is 1. The summed E-state index contributed by atoms with van der Waals surface area (Å²) in [7, 11) is 0. The number of halogens is 1. The number of hydrogen-bond donors (Lipinski definition) is 1. The summed E-state index contributed by atoms with van der Waals surface area (Å²) < 4.78 is 6.20. The first-order valence-corrected chi connectivity index (χ1v) is 7.00. The maximum absolute atomic E-state index is 9.47. The van der Waals surface area contributed by atoms with Gasteiger partial charge in [0.25, 0.3) is 5.82 Å². The van der Waals surface area contributed by atoms with Crippen molar-refractivity contribution >= 4 is 21.7 Å². The Hall–Kier alpha value is -2.57. The summed E-state index contributed by atoms with van der Waals surface area (Å²) in [5.41, 5.74) is 7.55. The summed E-state index contributed by atoms with van der Waals surface area (Å²) in [5.74, 6) is 0.438. The molecule has 104 valence electrons. The molecule has 0 atom stereocenters. The zero-order valence-corrected chi connectivity index (χ0v) is 12.9. The van der Waals surface area contributed by atoms with Crippen LogP contribution < -0.4 is 15.5 Å². The summed E-state index contributed by atoms with van der Waals surface area (Å²) in [6, 6.07) is 11.5. The van der Waals surface area contributed by atoms with Gasteiger partial charge in [0.1, 0.15) is 17.7 Å². The molecule has 0 unspecified atom stereocenters. The van der Waals surface area contributed by atoms with Crippen LogP contribution in [0.3, 0.4) is 0 Å². The first-order valence-electron chi connectivity index (χ1n) is 6.20. The predicted molar refractivity (Wildman–Crippen MR) is 81.1 cm³/mol. The van der Waals surface area contributed by atoms with E-state index < -0.39 is 0 Å². The minimum absolute atomic E-state index is 0.172. The summed E-state index contributed by atoms with van der Waals surface area (Å²) >= 11 is 3.44. The lowest BCUT2D eigenvalue weighted by atomic mass is 9.96. The van der Waals surface area contributed by atoms with Crippen LogP contribution in [0.25, 0.3) is 11.1 Å². The van der Waals surface area contributed by atoms with Gasteiger partial charge in [-0.2, -0.15) is 10.5 Å². The van der Waals surface area contributed by atoms with Crippen molar-refractivity contribution in [3.8, 4) is 29.1 Å². The molecule has 0 amide bonds. The Balaban J connectivity index is 2.89. The van der Waals surface area contributed by atoms with Gasteiger partial charge in [-0.15, -0.1) is 0 Å². The number of nitriles is 2. The van der Waals surface area contributed by atoms with E-state index in [0.717, 1.165) is 4.47 Å². The smallest absolute Gasteiger partial charge is 0.301 e. The fraction of sp³-hybridized carbons (Fsp3) is 0.133. The van der Waals surface area contributed by atoms with Crippen LogP contribution in [0.4, 0.5) is 5.82 Å². The molecule has 21 heavy (non-hydrogen) atoms. The van der Waals surface area contributed by atoms with Crippen LogP contribution >= 0.6 is 15.9 Å². The molecular weight excluding hydrogens is 332 g/mol. The Morgan fingerprint density at radius 2 is 1.90 bits per heavy atom. The highest BCUT2D eigenvalue weighted by atomic mass is 79.9. The molecule has 1 heterocycles. The first kappa shape index (κ1) is 14.8. The van der Waals surface area contributed by atoms with E-state index in [-0.39, 0.29) is 22.8 Å². The van der Waals surface area contributed by atoms with Crippen molar-refractivity contribution in [1.82, 2.24) is 0 Å². The molecule has 0 saturated heterocycles.